The van der Waals surface area contributed by atoms with Crippen LogP contribution < -0.4 is 5.73 Å². The van der Waals surface area contributed by atoms with Gasteiger partial charge in [0.1, 0.15) is 0 Å². The second kappa shape index (κ2) is 12.2. The Balaban J connectivity index is 0.00000243. The van der Waals surface area contributed by atoms with Crippen LogP contribution in [0.1, 0.15) is 29.8 Å². The molecule has 3 heterocycles. The molecule has 2 aliphatic heterocycles. The van der Waals surface area contributed by atoms with Gasteiger partial charge in [-0.25, -0.2) is 0 Å². The van der Waals surface area contributed by atoms with Gasteiger partial charge in [-0.05, 0) is 32.6 Å². The highest BCUT2D eigenvalue weighted by Crippen LogP contribution is 2.20. The zero-order valence-electron chi connectivity index (χ0n) is 16.9. The lowest BCUT2D eigenvalue weighted by Crippen LogP contribution is -2.55. The van der Waals surface area contributed by atoms with Crippen LogP contribution in [0.15, 0.2) is 0 Å². The predicted molar refractivity (Wildman–Crippen MR) is 118 cm³/mol. The molecular weight excluding hydrogens is 425 g/mol. The van der Waals surface area contributed by atoms with E-state index in [1.54, 1.807) is 0 Å². The van der Waals surface area contributed by atoms with Gasteiger partial charge in [-0.2, -0.15) is 5.10 Å². The van der Waals surface area contributed by atoms with Crippen LogP contribution in [0.4, 0.5) is 0 Å². The molecule has 0 aromatic carbocycles. The van der Waals surface area contributed by atoms with E-state index >= 15 is 0 Å². The van der Waals surface area contributed by atoms with Crippen molar-refractivity contribution in [2.45, 2.75) is 39.3 Å². The van der Waals surface area contributed by atoms with Gasteiger partial charge in [-0.15, -0.1) is 37.2 Å². The fourth-order valence-corrected chi connectivity index (χ4v) is 3.88. The van der Waals surface area contributed by atoms with E-state index in [9.17, 15) is 4.79 Å². The van der Waals surface area contributed by atoms with Gasteiger partial charge in [0.25, 0.3) is 0 Å². The van der Waals surface area contributed by atoms with E-state index in [1.165, 1.54) is 11.3 Å². The van der Waals surface area contributed by atoms with Crippen molar-refractivity contribution < 1.29 is 9.53 Å². The Kier molecular flexibility index (Phi) is 12.0. The molecule has 0 saturated carbocycles. The SMILES string of the molecule is Cc1nn(C)c(C)c1CN1CCN(C(=O)C(N)C2CCOCC2)CC1.Cl.Cl.Cl. The third kappa shape index (κ3) is 6.21. The van der Waals surface area contributed by atoms with E-state index in [4.69, 9.17) is 10.5 Å². The minimum atomic E-state index is -0.377. The molecule has 1 unspecified atom stereocenters. The van der Waals surface area contributed by atoms with Gasteiger partial charge < -0.3 is 15.4 Å². The molecular formula is C18H34Cl3N5O2. The fourth-order valence-electron chi connectivity index (χ4n) is 3.88. The topological polar surface area (TPSA) is 76.6 Å². The molecule has 0 bridgehead atoms. The molecule has 1 aromatic heterocycles. The quantitative estimate of drug-likeness (QED) is 0.743. The Morgan fingerprint density at radius 1 is 1.14 bits per heavy atom. The van der Waals surface area contributed by atoms with Crippen molar-refractivity contribution in [1.29, 1.82) is 0 Å². The number of carbonyl (C=O) groups excluding carboxylic acids is 1. The Morgan fingerprint density at radius 2 is 1.71 bits per heavy atom. The normalized spacial score (nSPS) is 19.2. The Hall–Kier alpha value is -0.570. The van der Waals surface area contributed by atoms with Crippen molar-refractivity contribution in [3.8, 4) is 0 Å². The van der Waals surface area contributed by atoms with Crippen molar-refractivity contribution >= 4 is 43.1 Å². The average Bonchev–Trinajstić information content (AvgIpc) is 2.88. The van der Waals surface area contributed by atoms with Gasteiger partial charge in [0.2, 0.25) is 5.91 Å². The number of halogens is 3. The predicted octanol–water partition coefficient (Wildman–Crippen LogP) is 1.70. The van der Waals surface area contributed by atoms with E-state index in [0.29, 0.717) is 0 Å². The molecule has 10 heteroatoms. The monoisotopic (exact) mass is 457 g/mol. The second-order valence-electron chi connectivity index (χ2n) is 7.35. The summed E-state index contributed by atoms with van der Waals surface area (Å²) in [5.41, 5.74) is 9.88. The van der Waals surface area contributed by atoms with Crippen molar-refractivity contribution in [2.75, 3.05) is 39.4 Å². The Morgan fingerprint density at radius 3 is 2.21 bits per heavy atom. The molecule has 7 nitrogen and oxygen atoms in total. The first-order valence-corrected chi connectivity index (χ1v) is 9.31. The van der Waals surface area contributed by atoms with Gasteiger partial charge in [-0.3, -0.25) is 14.4 Å². The van der Waals surface area contributed by atoms with E-state index in [0.717, 1.165) is 64.5 Å². The zero-order valence-corrected chi connectivity index (χ0v) is 19.4. The molecule has 164 valence electrons. The number of aromatic nitrogens is 2. The average molecular weight is 459 g/mol. The molecule has 2 aliphatic rings. The van der Waals surface area contributed by atoms with Crippen LogP contribution in [0.3, 0.4) is 0 Å². The molecule has 2 saturated heterocycles. The van der Waals surface area contributed by atoms with E-state index in [1.807, 2.05) is 16.6 Å². The number of ether oxygens (including phenoxy) is 1. The van der Waals surface area contributed by atoms with Crippen LogP contribution in [0.2, 0.25) is 0 Å². The number of amides is 1. The zero-order chi connectivity index (χ0) is 18.0. The second-order valence-corrected chi connectivity index (χ2v) is 7.35. The number of piperazine rings is 1. The fraction of sp³-hybridized carbons (Fsp3) is 0.778. The highest BCUT2D eigenvalue weighted by atomic mass is 35.5. The maximum absolute atomic E-state index is 12.7. The molecule has 0 aliphatic carbocycles. The first kappa shape index (κ1) is 27.4. The molecule has 2 fully saturated rings. The summed E-state index contributed by atoms with van der Waals surface area (Å²) in [5, 5.41) is 4.49. The largest absolute Gasteiger partial charge is 0.381 e. The number of nitrogens with two attached hydrogens (primary N) is 1. The van der Waals surface area contributed by atoms with Crippen molar-refractivity contribution in [2.24, 2.45) is 18.7 Å². The van der Waals surface area contributed by atoms with Crippen LogP contribution in [-0.4, -0.2) is 70.9 Å². The first-order valence-electron chi connectivity index (χ1n) is 9.31. The van der Waals surface area contributed by atoms with Crippen molar-refractivity contribution in [3.05, 3.63) is 17.0 Å². The molecule has 3 rings (SSSR count). The van der Waals surface area contributed by atoms with Gasteiger partial charge >= 0.3 is 0 Å². The van der Waals surface area contributed by atoms with E-state index in [2.05, 4.69) is 23.8 Å². The lowest BCUT2D eigenvalue weighted by Gasteiger charge is -2.37. The van der Waals surface area contributed by atoms with Crippen molar-refractivity contribution in [1.82, 2.24) is 19.6 Å². The minimum absolute atomic E-state index is 0. The molecule has 1 atom stereocenters. The third-order valence-corrected chi connectivity index (χ3v) is 5.78. The molecule has 1 amide bonds. The maximum atomic E-state index is 12.7. The summed E-state index contributed by atoms with van der Waals surface area (Å²) < 4.78 is 7.31. The van der Waals surface area contributed by atoms with Gasteiger partial charge in [0, 0.05) is 64.2 Å². The minimum Gasteiger partial charge on any atom is -0.381 e. The Bertz CT molecular complexity index is 615. The maximum Gasteiger partial charge on any atom is 0.239 e. The summed E-state index contributed by atoms with van der Waals surface area (Å²) in [7, 11) is 1.99. The number of carbonyl (C=O) groups is 1. The summed E-state index contributed by atoms with van der Waals surface area (Å²) in [6.45, 7) is 9.82. The molecule has 1 aromatic rings. The van der Waals surface area contributed by atoms with E-state index < -0.39 is 0 Å². The van der Waals surface area contributed by atoms with Gasteiger partial charge in [0.05, 0.1) is 11.7 Å². The summed E-state index contributed by atoms with van der Waals surface area (Å²) in [5.74, 6) is 0.375. The van der Waals surface area contributed by atoms with Gasteiger partial charge in [0.15, 0.2) is 0 Å². The molecule has 2 N–H and O–H groups in total. The van der Waals surface area contributed by atoms with Gasteiger partial charge in [-0.1, -0.05) is 0 Å². The highest BCUT2D eigenvalue weighted by molar-refractivity contribution is 5.86. The standard InChI is InChI=1S/C18H31N5O2.3ClH/c1-13-16(14(2)21(3)20-13)12-22-6-8-23(9-7-22)18(24)17(19)15-4-10-25-11-5-15;;;/h15,17H,4-12,19H2,1-3H3;3*1H. The van der Waals surface area contributed by atoms with Crippen LogP contribution in [0, 0.1) is 19.8 Å². The number of hydrogen-bond donors (Lipinski definition) is 1. The smallest absolute Gasteiger partial charge is 0.239 e. The number of hydrogen-bond acceptors (Lipinski definition) is 5. The van der Waals surface area contributed by atoms with Crippen molar-refractivity contribution in [3.63, 3.8) is 0 Å². The Labute approximate surface area is 186 Å². The first-order chi connectivity index (χ1) is 12.0. The molecule has 0 spiro atoms. The number of nitrogens with zero attached hydrogens (tertiary/aromatic N) is 4. The van der Waals surface area contributed by atoms with Crippen LogP contribution in [0.25, 0.3) is 0 Å². The van der Waals surface area contributed by atoms with Crippen LogP contribution in [0.5, 0.6) is 0 Å². The summed E-state index contributed by atoms with van der Waals surface area (Å²) in [6.07, 6.45) is 1.79. The van der Waals surface area contributed by atoms with E-state index in [-0.39, 0.29) is 55.1 Å². The molecule has 28 heavy (non-hydrogen) atoms. The lowest BCUT2D eigenvalue weighted by atomic mass is 9.91. The number of rotatable bonds is 4. The van der Waals surface area contributed by atoms with Crippen LogP contribution in [-0.2, 0) is 23.1 Å². The lowest BCUT2D eigenvalue weighted by molar-refractivity contribution is -0.136. The summed E-state index contributed by atoms with van der Waals surface area (Å²) in [4.78, 5) is 17.0. The van der Waals surface area contributed by atoms with Crippen LogP contribution >= 0.6 is 37.2 Å². The summed E-state index contributed by atoms with van der Waals surface area (Å²) in [6, 6.07) is -0.377. The summed E-state index contributed by atoms with van der Waals surface area (Å²) >= 11 is 0. The number of aryl methyl sites for hydroxylation is 2. The highest BCUT2D eigenvalue weighted by Gasteiger charge is 2.31. The third-order valence-electron chi connectivity index (χ3n) is 5.78. The molecule has 0 radical (unpaired) electrons.